The summed E-state index contributed by atoms with van der Waals surface area (Å²) >= 11 is 0. The molecule has 2 unspecified atom stereocenters. The lowest BCUT2D eigenvalue weighted by Crippen LogP contribution is -2.51. The average molecular weight is 412 g/mol. The van der Waals surface area contributed by atoms with E-state index in [0.717, 1.165) is 56.2 Å². The second kappa shape index (κ2) is 11.2. The van der Waals surface area contributed by atoms with Crippen LogP contribution in [0.3, 0.4) is 0 Å². The molecule has 1 aromatic carbocycles. The first kappa shape index (κ1) is 22.3. The Morgan fingerprint density at radius 1 is 1.27 bits per heavy atom. The van der Waals surface area contributed by atoms with Gasteiger partial charge in [-0.1, -0.05) is 49.3 Å². The maximum absolute atomic E-state index is 5.52. The maximum Gasteiger partial charge on any atom is 0.191 e. The molecule has 3 rings (SSSR count). The highest BCUT2D eigenvalue weighted by Crippen LogP contribution is 2.22. The van der Waals surface area contributed by atoms with Crippen LogP contribution in [0.1, 0.15) is 69.4 Å². The summed E-state index contributed by atoms with van der Waals surface area (Å²) in [6.07, 6.45) is 4.38. The number of likely N-dealkylation sites (tertiary alicyclic amines) is 1. The van der Waals surface area contributed by atoms with Crippen molar-refractivity contribution in [2.45, 2.75) is 77.5 Å². The minimum atomic E-state index is 0.424. The smallest absolute Gasteiger partial charge is 0.191 e. The van der Waals surface area contributed by atoms with E-state index in [1.54, 1.807) is 0 Å². The first-order valence-corrected chi connectivity index (χ1v) is 11.3. The number of rotatable bonds is 8. The van der Waals surface area contributed by atoms with Crippen molar-refractivity contribution < 1.29 is 4.52 Å². The van der Waals surface area contributed by atoms with E-state index in [1.165, 1.54) is 5.56 Å². The summed E-state index contributed by atoms with van der Waals surface area (Å²) in [4.78, 5) is 6.97. The molecule has 1 aliphatic rings. The molecule has 6 nitrogen and oxygen atoms in total. The summed E-state index contributed by atoms with van der Waals surface area (Å²) < 4.78 is 5.52. The van der Waals surface area contributed by atoms with Crippen molar-refractivity contribution in [3.8, 4) is 0 Å². The number of aromatic nitrogens is 1. The van der Waals surface area contributed by atoms with Gasteiger partial charge in [0.05, 0.1) is 12.2 Å². The molecule has 2 aromatic rings. The highest BCUT2D eigenvalue weighted by atomic mass is 16.5. The maximum atomic E-state index is 5.52. The Bertz CT molecular complexity index is 784. The van der Waals surface area contributed by atoms with Crippen molar-refractivity contribution in [3.63, 3.8) is 0 Å². The van der Waals surface area contributed by atoms with Crippen molar-refractivity contribution in [1.82, 2.24) is 20.7 Å². The van der Waals surface area contributed by atoms with Gasteiger partial charge in [0.25, 0.3) is 0 Å². The fourth-order valence-corrected chi connectivity index (χ4v) is 4.28. The van der Waals surface area contributed by atoms with Crippen LogP contribution in [0.25, 0.3) is 0 Å². The fourth-order valence-electron chi connectivity index (χ4n) is 4.28. The number of guanidine groups is 1. The molecule has 0 amide bonds. The Hall–Kier alpha value is -2.34. The first-order chi connectivity index (χ1) is 14.6. The van der Waals surface area contributed by atoms with E-state index in [4.69, 9.17) is 4.52 Å². The molecule has 1 saturated heterocycles. The minimum absolute atomic E-state index is 0.424. The van der Waals surface area contributed by atoms with Crippen LogP contribution in [0, 0.1) is 0 Å². The quantitative estimate of drug-likeness (QED) is 0.501. The van der Waals surface area contributed by atoms with Crippen LogP contribution in [0.5, 0.6) is 0 Å². The predicted octanol–water partition coefficient (Wildman–Crippen LogP) is 4.30. The molecule has 0 aliphatic carbocycles. The van der Waals surface area contributed by atoms with Gasteiger partial charge >= 0.3 is 0 Å². The monoisotopic (exact) mass is 411 g/mol. The lowest BCUT2D eigenvalue weighted by Gasteiger charge is -2.38. The molecule has 0 radical (unpaired) electrons. The molecule has 1 aromatic heterocycles. The average Bonchev–Trinajstić information content (AvgIpc) is 3.23. The third kappa shape index (κ3) is 6.08. The standard InChI is InChI=1S/C24H37N5O/c1-5-20(6-2)23-15-22(30-28-23)16-26-24(25-4)27-21-12-13-29(18(3)14-21)17-19-10-8-7-9-11-19/h7-11,15,18,20-21H,5-6,12-14,16-17H2,1-4H3,(H2,25,26,27). The normalized spacial score (nSPS) is 20.5. The van der Waals surface area contributed by atoms with Gasteiger partial charge in [-0.05, 0) is 38.2 Å². The molecule has 0 spiro atoms. The second-order valence-electron chi connectivity index (χ2n) is 8.33. The molecule has 2 N–H and O–H groups in total. The van der Waals surface area contributed by atoms with Crippen LogP contribution in [-0.2, 0) is 13.1 Å². The molecule has 164 valence electrons. The van der Waals surface area contributed by atoms with Gasteiger partial charge < -0.3 is 15.2 Å². The van der Waals surface area contributed by atoms with E-state index in [-0.39, 0.29) is 0 Å². The summed E-state index contributed by atoms with van der Waals surface area (Å²) in [5, 5.41) is 11.2. The Balaban J connectivity index is 1.46. The van der Waals surface area contributed by atoms with Gasteiger partial charge in [0.1, 0.15) is 0 Å². The van der Waals surface area contributed by atoms with E-state index < -0.39 is 0 Å². The van der Waals surface area contributed by atoms with E-state index in [9.17, 15) is 0 Å². The predicted molar refractivity (Wildman–Crippen MR) is 122 cm³/mol. The molecule has 2 heterocycles. The van der Waals surface area contributed by atoms with Gasteiger partial charge in [0.2, 0.25) is 0 Å². The topological polar surface area (TPSA) is 65.7 Å². The van der Waals surface area contributed by atoms with Crippen LogP contribution < -0.4 is 10.6 Å². The third-order valence-corrected chi connectivity index (χ3v) is 6.22. The van der Waals surface area contributed by atoms with Gasteiger partial charge in [0.15, 0.2) is 11.7 Å². The number of hydrogen-bond donors (Lipinski definition) is 2. The number of nitrogens with one attached hydrogen (secondary N) is 2. The Morgan fingerprint density at radius 2 is 2.03 bits per heavy atom. The van der Waals surface area contributed by atoms with Gasteiger partial charge in [0, 0.05) is 44.2 Å². The molecule has 30 heavy (non-hydrogen) atoms. The van der Waals surface area contributed by atoms with Crippen molar-refractivity contribution in [2.24, 2.45) is 4.99 Å². The van der Waals surface area contributed by atoms with Gasteiger partial charge in [-0.25, -0.2) is 0 Å². The zero-order valence-corrected chi connectivity index (χ0v) is 18.9. The number of nitrogens with zero attached hydrogens (tertiary/aromatic N) is 3. The van der Waals surface area contributed by atoms with Crippen molar-refractivity contribution in [2.75, 3.05) is 13.6 Å². The summed E-state index contributed by atoms with van der Waals surface area (Å²) in [5.41, 5.74) is 2.44. The number of benzene rings is 1. The van der Waals surface area contributed by atoms with Crippen molar-refractivity contribution in [3.05, 3.63) is 53.4 Å². The summed E-state index contributed by atoms with van der Waals surface area (Å²) in [5.74, 6) is 2.15. The molecular weight excluding hydrogens is 374 g/mol. The summed E-state index contributed by atoms with van der Waals surface area (Å²) in [7, 11) is 1.82. The molecule has 1 aliphatic heterocycles. The Labute approximate surface area is 181 Å². The van der Waals surface area contributed by atoms with Crippen LogP contribution in [-0.4, -0.2) is 41.7 Å². The summed E-state index contributed by atoms with van der Waals surface area (Å²) in [6, 6.07) is 13.8. The highest BCUT2D eigenvalue weighted by Gasteiger charge is 2.26. The third-order valence-electron chi connectivity index (χ3n) is 6.22. The molecule has 0 saturated carbocycles. The molecular formula is C24H37N5O. The lowest BCUT2D eigenvalue weighted by molar-refractivity contribution is 0.134. The summed E-state index contributed by atoms with van der Waals surface area (Å²) in [6.45, 7) is 9.41. The van der Waals surface area contributed by atoms with E-state index in [1.807, 2.05) is 7.05 Å². The van der Waals surface area contributed by atoms with Crippen LogP contribution >= 0.6 is 0 Å². The first-order valence-electron chi connectivity index (χ1n) is 11.3. The molecule has 6 heteroatoms. The Kier molecular flexibility index (Phi) is 8.31. The largest absolute Gasteiger partial charge is 0.359 e. The van der Waals surface area contributed by atoms with Crippen LogP contribution in [0.2, 0.25) is 0 Å². The molecule has 2 atom stereocenters. The lowest BCUT2D eigenvalue weighted by atomic mass is 9.97. The fraction of sp³-hybridized carbons (Fsp3) is 0.583. The van der Waals surface area contributed by atoms with Gasteiger partial charge in [-0.3, -0.25) is 9.89 Å². The molecule has 1 fully saturated rings. The highest BCUT2D eigenvalue weighted by molar-refractivity contribution is 5.79. The molecule has 0 bridgehead atoms. The van der Waals surface area contributed by atoms with Gasteiger partial charge in [-0.2, -0.15) is 0 Å². The zero-order chi connectivity index (χ0) is 21.3. The van der Waals surface area contributed by atoms with Crippen molar-refractivity contribution >= 4 is 5.96 Å². The SMILES string of the molecule is CCC(CC)c1cc(CNC(=NC)NC2CCN(Cc3ccccc3)C(C)C2)on1. The van der Waals surface area contributed by atoms with Crippen LogP contribution in [0.4, 0.5) is 0 Å². The van der Waals surface area contributed by atoms with Gasteiger partial charge in [-0.15, -0.1) is 0 Å². The number of aliphatic imine (C=N–C) groups is 1. The Morgan fingerprint density at radius 3 is 2.70 bits per heavy atom. The van der Waals surface area contributed by atoms with Crippen LogP contribution in [0.15, 0.2) is 45.9 Å². The van der Waals surface area contributed by atoms with E-state index in [0.29, 0.717) is 24.5 Å². The number of piperidine rings is 1. The van der Waals surface area contributed by atoms with Crippen molar-refractivity contribution in [1.29, 1.82) is 0 Å². The minimum Gasteiger partial charge on any atom is -0.359 e. The second-order valence-corrected chi connectivity index (χ2v) is 8.33. The van der Waals surface area contributed by atoms with E-state index in [2.05, 4.69) is 82.9 Å². The number of hydrogen-bond acceptors (Lipinski definition) is 4. The van der Waals surface area contributed by atoms with E-state index >= 15 is 0 Å². The zero-order valence-electron chi connectivity index (χ0n) is 18.9.